The van der Waals surface area contributed by atoms with Gasteiger partial charge in [-0.1, -0.05) is 12.1 Å². The van der Waals surface area contributed by atoms with Crippen LogP contribution in [0, 0.1) is 10.5 Å². The first-order valence-corrected chi connectivity index (χ1v) is 10.1. The lowest BCUT2D eigenvalue weighted by Crippen LogP contribution is -2.35. The molecular weight excluding hydrogens is 423 g/mol. The summed E-state index contributed by atoms with van der Waals surface area (Å²) in [6, 6.07) is 15.1. The number of hydrogen-bond acceptors (Lipinski definition) is 3. The molecule has 0 radical (unpaired) electrons. The molecule has 0 unspecified atom stereocenters. The largest absolute Gasteiger partial charge is 0.370 e. The van der Waals surface area contributed by atoms with E-state index in [0.717, 1.165) is 15.8 Å². The van der Waals surface area contributed by atoms with Gasteiger partial charge in [0, 0.05) is 28.9 Å². The number of nitrogens with one attached hydrogen (secondary N) is 1. The van der Waals surface area contributed by atoms with Crippen molar-refractivity contribution in [3.8, 4) is 0 Å². The highest BCUT2D eigenvalue weighted by Crippen LogP contribution is 2.15. The molecule has 1 N–H and O–H groups in total. The maximum atomic E-state index is 12.3. The van der Waals surface area contributed by atoms with Gasteiger partial charge in [0.1, 0.15) is 0 Å². The number of aryl methyl sites for hydroxylation is 1. The summed E-state index contributed by atoms with van der Waals surface area (Å²) in [4.78, 5) is 2.46. The lowest BCUT2D eigenvalue weighted by molar-refractivity contribution is 0.581. The maximum absolute atomic E-state index is 12.3. The first-order valence-electron chi connectivity index (χ1n) is 7.49. The summed E-state index contributed by atoms with van der Waals surface area (Å²) in [5.74, 6) is 0. The van der Waals surface area contributed by atoms with Crippen LogP contribution in [0.5, 0.6) is 0 Å². The van der Waals surface area contributed by atoms with Crippen molar-refractivity contribution in [1.82, 2.24) is 4.72 Å². The van der Waals surface area contributed by atoms with Crippen LogP contribution >= 0.6 is 22.6 Å². The van der Waals surface area contributed by atoms with Crippen LogP contribution < -0.4 is 9.62 Å². The minimum atomic E-state index is -3.45. The quantitative estimate of drug-likeness (QED) is 0.667. The zero-order valence-electron chi connectivity index (χ0n) is 13.3. The summed E-state index contributed by atoms with van der Waals surface area (Å²) in [5, 5.41) is 0. The molecule has 0 amide bonds. The SMILES string of the molecule is CCN(CCNS(=O)(=O)c1ccc(I)cc1)c1cccc(C)c1. The molecule has 0 aromatic heterocycles. The summed E-state index contributed by atoms with van der Waals surface area (Å²) >= 11 is 2.15. The van der Waals surface area contributed by atoms with E-state index in [-0.39, 0.29) is 0 Å². The average molecular weight is 444 g/mol. The van der Waals surface area contributed by atoms with Gasteiger partial charge >= 0.3 is 0 Å². The van der Waals surface area contributed by atoms with Crippen molar-refractivity contribution in [2.45, 2.75) is 18.7 Å². The molecular formula is C17H21IN2O2S. The highest BCUT2D eigenvalue weighted by Gasteiger charge is 2.14. The first kappa shape index (κ1) is 18.2. The van der Waals surface area contributed by atoms with Crippen LogP contribution in [0.4, 0.5) is 5.69 Å². The van der Waals surface area contributed by atoms with Crippen molar-refractivity contribution < 1.29 is 8.42 Å². The minimum Gasteiger partial charge on any atom is -0.370 e. The molecule has 6 heteroatoms. The molecule has 124 valence electrons. The van der Waals surface area contributed by atoms with Gasteiger partial charge in [0.05, 0.1) is 4.90 Å². The van der Waals surface area contributed by atoms with E-state index in [0.29, 0.717) is 18.0 Å². The van der Waals surface area contributed by atoms with Gasteiger partial charge < -0.3 is 4.90 Å². The van der Waals surface area contributed by atoms with Crippen molar-refractivity contribution in [2.24, 2.45) is 0 Å². The number of hydrogen-bond donors (Lipinski definition) is 1. The second-order valence-electron chi connectivity index (χ2n) is 5.27. The van der Waals surface area contributed by atoms with Crippen LogP contribution in [0.15, 0.2) is 53.4 Å². The number of halogens is 1. The Labute approximate surface area is 152 Å². The van der Waals surface area contributed by atoms with Crippen LogP contribution in [-0.2, 0) is 10.0 Å². The molecule has 4 nitrogen and oxygen atoms in total. The number of rotatable bonds is 7. The van der Waals surface area contributed by atoms with E-state index < -0.39 is 10.0 Å². The maximum Gasteiger partial charge on any atom is 0.240 e. The average Bonchev–Trinajstić information content (AvgIpc) is 2.52. The number of likely N-dealkylation sites (N-methyl/N-ethyl adjacent to an activating group) is 1. The van der Waals surface area contributed by atoms with Gasteiger partial charge in [0.15, 0.2) is 0 Å². The topological polar surface area (TPSA) is 49.4 Å². The Morgan fingerprint density at radius 1 is 1.13 bits per heavy atom. The number of nitrogens with zero attached hydrogens (tertiary/aromatic N) is 1. The molecule has 0 spiro atoms. The van der Waals surface area contributed by atoms with Crippen LogP contribution in [0.3, 0.4) is 0 Å². The van der Waals surface area contributed by atoms with Gasteiger partial charge in [-0.15, -0.1) is 0 Å². The lowest BCUT2D eigenvalue weighted by Gasteiger charge is -2.23. The van der Waals surface area contributed by atoms with Crippen molar-refractivity contribution in [3.05, 3.63) is 57.7 Å². The molecule has 0 atom stereocenters. The van der Waals surface area contributed by atoms with E-state index in [1.54, 1.807) is 24.3 Å². The number of sulfonamides is 1. The fraction of sp³-hybridized carbons (Fsp3) is 0.294. The van der Waals surface area contributed by atoms with Crippen LogP contribution in [0.1, 0.15) is 12.5 Å². The van der Waals surface area contributed by atoms with E-state index in [1.165, 1.54) is 5.56 Å². The molecule has 0 saturated carbocycles. The fourth-order valence-corrected chi connectivity index (χ4v) is 3.69. The third-order valence-electron chi connectivity index (χ3n) is 3.55. The second kappa shape index (κ2) is 8.12. The van der Waals surface area contributed by atoms with Crippen molar-refractivity contribution in [1.29, 1.82) is 0 Å². The molecule has 2 aromatic carbocycles. The van der Waals surface area contributed by atoms with Gasteiger partial charge in [-0.3, -0.25) is 0 Å². The monoisotopic (exact) mass is 444 g/mol. The zero-order valence-corrected chi connectivity index (χ0v) is 16.3. The predicted octanol–water partition coefficient (Wildman–Crippen LogP) is 3.40. The van der Waals surface area contributed by atoms with Crippen molar-refractivity contribution in [2.75, 3.05) is 24.5 Å². The molecule has 23 heavy (non-hydrogen) atoms. The van der Waals surface area contributed by atoms with E-state index in [1.807, 2.05) is 12.1 Å². The Kier molecular flexibility index (Phi) is 6.43. The van der Waals surface area contributed by atoms with Gasteiger partial charge in [0.25, 0.3) is 0 Å². The van der Waals surface area contributed by atoms with Crippen molar-refractivity contribution in [3.63, 3.8) is 0 Å². The number of benzene rings is 2. The Bertz CT molecular complexity index is 745. The van der Waals surface area contributed by atoms with E-state index in [9.17, 15) is 8.42 Å². The summed E-state index contributed by atoms with van der Waals surface area (Å²) in [5.41, 5.74) is 2.31. The van der Waals surface area contributed by atoms with Crippen molar-refractivity contribution >= 4 is 38.3 Å². The smallest absolute Gasteiger partial charge is 0.240 e. The minimum absolute atomic E-state index is 0.302. The fourth-order valence-electron chi connectivity index (χ4n) is 2.31. The highest BCUT2D eigenvalue weighted by molar-refractivity contribution is 14.1. The van der Waals surface area contributed by atoms with Gasteiger partial charge in [0.2, 0.25) is 10.0 Å². The Morgan fingerprint density at radius 3 is 2.43 bits per heavy atom. The number of anilines is 1. The molecule has 2 rings (SSSR count). The van der Waals surface area contributed by atoms with Gasteiger partial charge in [-0.05, 0) is 78.4 Å². The molecule has 0 heterocycles. The van der Waals surface area contributed by atoms with E-state index in [2.05, 4.69) is 58.2 Å². The Morgan fingerprint density at radius 2 is 1.83 bits per heavy atom. The van der Waals surface area contributed by atoms with Crippen LogP contribution in [-0.4, -0.2) is 28.1 Å². The molecule has 0 saturated heterocycles. The summed E-state index contributed by atoms with van der Waals surface area (Å²) in [7, 11) is -3.45. The molecule has 0 aliphatic rings. The second-order valence-corrected chi connectivity index (χ2v) is 8.28. The normalized spacial score (nSPS) is 11.4. The molecule has 2 aromatic rings. The van der Waals surface area contributed by atoms with E-state index in [4.69, 9.17) is 0 Å². The highest BCUT2D eigenvalue weighted by atomic mass is 127. The summed E-state index contributed by atoms with van der Waals surface area (Å²) in [6.45, 7) is 5.95. The van der Waals surface area contributed by atoms with E-state index >= 15 is 0 Å². The predicted molar refractivity (Wildman–Crippen MR) is 103 cm³/mol. The summed E-state index contributed by atoms with van der Waals surface area (Å²) < 4.78 is 28.2. The lowest BCUT2D eigenvalue weighted by atomic mass is 10.2. The van der Waals surface area contributed by atoms with Gasteiger partial charge in [-0.25, -0.2) is 13.1 Å². The molecule has 0 fully saturated rings. The molecule has 0 bridgehead atoms. The Hall–Kier alpha value is -1.12. The third-order valence-corrected chi connectivity index (χ3v) is 5.74. The molecule has 0 aliphatic carbocycles. The van der Waals surface area contributed by atoms with Crippen LogP contribution in [0.2, 0.25) is 0 Å². The molecule has 0 aliphatic heterocycles. The first-order chi connectivity index (χ1) is 10.9. The van der Waals surface area contributed by atoms with Crippen LogP contribution in [0.25, 0.3) is 0 Å². The Balaban J connectivity index is 1.98. The standard InChI is InChI=1S/C17H21IN2O2S/c1-3-20(16-6-4-5-14(2)13-16)12-11-19-23(21,22)17-9-7-15(18)8-10-17/h4-10,13,19H,3,11-12H2,1-2H3. The summed E-state index contributed by atoms with van der Waals surface area (Å²) in [6.07, 6.45) is 0. The third kappa shape index (κ3) is 5.19. The zero-order chi connectivity index (χ0) is 16.9. The van der Waals surface area contributed by atoms with Gasteiger partial charge in [-0.2, -0.15) is 0 Å².